The van der Waals surface area contributed by atoms with Crippen LogP contribution in [0.3, 0.4) is 0 Å². The van der Waals surface area contributed by atoms with Crippen LogP contribution < -0.4 is 0 Å². The summed E-state index contributed by atoms with van der Waals surface area (Å²) in [6.07, 6.45) is 1.51. The fourth-order valence-electron chi connectivity index (χ4n) is 2.31. The molecule has 1 aromatic heterocycles. The van der Waals surface area contributed by atoms with Gasteiger partial charge >= 0.3 is 0 Å². The molecule has 1 heterocycles. The number of para-hydroxylation sites is 1. The number of hydrogen-bond acceptors (Lipinski definition) is 5. The van der Waals surface area contributed by atoms with Gasteiger partial charge in [-0.2, -0.15) is 5.10 Å². The second-order valence-electron chi connectivity index (χ2n) is 5.45. The first-order valence-corrected chi connectivity index (χ1v) is 9.23. The highest BCUT2D eigenvalue weighted by Crippen LogP contribution is 2.12. The molecular weight excluding hydrogens is 326 g/mol. The Morgan fingerprint density at radius 1 is 0.917 bits per heavy atom. The molecule has 0 radical (unpaired) electrons. The molecule has 1 N–H and O–H groups in total. The second-order valence-corrected chi connectivity index (χ2v) is 7.51. The smallest absolute Gasteiger partial charge is 0.166 e. The van der Waals surface area contributed by atoms with Gasteiger partial charge in [-0.25, -0.2) is 18.1 Å². The SMILES string of the molecule is O=S(=O)(Cc1ccc(CO)cc1)Cc1ncn(-c2ccccc2)n1. The van der Waals surface area contributed by atoms with E-state index in [1.54, 1.807) is 28.9 Å². The fraction of sp³-hybridized carbons (Fsp3) is 0.176. The van der Waals surface area contributed by atoms with E-state index in [2.05, 4.69) is 10.1 Å². The van der Waals surface area contributed by atoms with Gasteiger partial charge < -0.3 is 5.11 Å². The van der Waals surface area contributed by atoms with Crippen LogP contribution in [0.15, 0.2) is 60.9 Å². The molecule has 0 atom stereocenters. The van der Waals surface area contributed by atoms with Gasteiger partial charge in [0.1, 0.15) is 12.1 Å². The third-order valence-electron chi connectivity index (χ3n) is 3.50. The van der Waals surface area contributed by atoms with E-state index in [0.717, 1.165) is 11.3 Å². The number of rotatable bonds is 6. The Kier molecular flexibility index (Phi) is 4.73. The van der Waals surface area contributed by atoms with Crippen LogP contribution in [0.1, 0.15) is 17.0 Å². The van der Waals surface area contributed by atoms with E-state index >= 15 is 0 Å². The van der Waals surface area contributed by atoms with Crippen molar-refractivity contribution in [3.8, 4) is 5.69 Å². The van der Waals surface area contributed by atoms with Crippen LogP contribution >= 0.6 is 0 Å². The predicted octanol–water partition coefficient (Wildman–Crippen LogP) is 1.87. The minimum Gasteiger partial charge on any atom is -0.392 e. The van der Waals surface area contributed by atoms with Crippen molar-refractivity contribution in [3.05, 3.63) is 77.9 Å². The van der Waals surface area contributed by atoms with Crippen molar-refractivity contribution in [1.29, 1.82) is 0 Å². The molecule has 0 aliphatic carbocycles. The fourth-order valence-corrected chi connectivity index (χ4v) is 3.64. The molecule has 0 unspecified atom stereocenters. The van der Waals surface area contributed by atoms with Crippen molar-refractivity contribution < 1.29 is 13.5 Å². The molecule has 0 fully saturated rings. The molecule has 0 amide bonds. The number of aliphatic hydroxyl groups excluding tert-OH is 1. The quantitative estimate of drug-likeness (QED) is 0.738. The zero-order valence-corrected chi connectivity index (χ0v) is 13.7. The lowest BCUT2D eigenvalue weighted by Gasteiger charge is -2.04. The monoisotopic (exact) mass is 343 g/mol. The highest BCUT2D eigenvalue weighted by Gasteiger charge is 2.16. The lowest BCUT2D eigenvalue weighted by molar-refractivity contribution is 0.282. The van der Waals surface area contributed by atoms with Crippen molar-refractivity contribution in [3.63, 3.8) is 0 Å². The Morgan fingerprint density at radius 3 is 2.25 bits per heavy atom. The van der Waals surface area contributed by atoms with Crippen molar-refractivity contribution in [2.45, 2.75) is 18.1 Å². The van der Waals surface area contributed by atoms with Gasteiger partial charge in [-0.1, -0.05) is 42.5 Å². The molecule has 3 rings (SSSR count). The zero-order chi connectivity index (χ0) is 17.0. The number of hydrogen-bond donors (Lipinski definition) is 1. The van der Waals surface area contributed by atoms with Gasteiger partial charge in [0.2, 0.25) is 0 Å². The Morgan fingerprint density at radius 2 is 1.58 bits per heavy atom. The molecular formula is C17H17N3O3S. The Hall–Kier alpha value is -2.51. The van der Waals surface area contributed by atoms with Crippen LogP contribution in [-0.4, -0.2) is 28.3 Å². The van der Waals surface area contributed by atoms with Crippen LogP contribution in [-0.2, 0) is 27.9 Å². The highest BCUT2D eigenvalue weighted by molar-refractivity contribution is 7.89. The van der Waals surface area contributed by atoms with Crippen LogP contribution in [0.4, 0.5) is 0 Å². The van der Waals surface area contributed by atoms with E-state index in [4.69, 9.17) is 5.11 Å². The van der Waals surface area contributed by atoms with Gasteiger partial charge in [0, 0.05) is 0 Å². The van der Waals surface area contributed by atoms with Crippen LogP contribution in [0.2, 0.25) is 0 Å². The van der Waals surface area contributed by atoms with Crippen LogP contribution in [0.5, 0.6) is 0 Å². The van der Waals surface area contributed by atoms with Crippen molar-refractivity contribution in [2.24, 2.45) is 0 Å². The molecule has 0 aliphatic rings. The number of sulfone groups is 1. The lowest BCUT2D eigenvalue weighted by atomic mass is 10.2. The van der Waals surface area contributed by atoms with Gasteiger partial charge in [0.05, 0.1) is 18.0 Å². The predicted molar refractivity (Wildman–Crippen MR) is 90.1 cm³/mol. The molecule has 124 valence electrons. The average molecular weight is 343 g/mol. The summed E-state index contributed by atoms with van der Waals surface area (Å²) in [7, 11) is -3.38. The molecule has 0 spiro atoms. The molecule has 0 bridgehead atoms. The maximum atomic E-state index is 12.3. The van der Waals surface area contributed by atoms with Gasteiger partial charge in [0.25, 0.3) is 0 Å². The van der Waals surface area contributed by atoms with Gasteiger partial charge in [-0.3, -0.25) is 0 Å². The molecule has 7 heteroatoms. The molecule has 6 nitrogen and oxygen atoms in total. The van der Waals surface area contributed by atoms with E-state index in [1.807, 2.05) is 30.3 Å². The average Bonchev–Trinajstić information content (AvgIpc) is 3.03. The number of aromatic nitrogens is 3. The van der Waals surface area contributed by atoms with Gasteiger partial charge in [-0.05, 0) is 23.3 Å². The maximum Gasteiger partial charge on any atom is 0.166 e. The molecule has 2 aromatic carbocycles. The summed E-state index contributed by atoms with van der Waals surface area (Å²) in [5.74, 6) is -0.0292. The number of aliphatic hydroxyl groups is 1. The first-order valence-electron chi connectivity index (χ1n) is 7.41. The number of nitrogens with zero attached hydrogens (tertiary/aromatic N) is 3. The zero-order valence-electron chi connectivity index (χ0n) is 12.9. The summed E-state index contributed by atoms with van der Waals surface area (Å²) < 4.78 is 26.2. The van der Waals surface area contributed by atoms with E-state index in [-0.39, 0.29) is 23.9 Å². The normalized spacial score (nSPS) is 11.5. The summed E-state index contributed by atoms with van der Waals surface area (Å²) >= 11 is 0. The largest absolute Gasteiger partial charge is 0.392 e. The Bertz CT molecular complexity index is 904. The lowest BCUT2D eigenvalue weighted by Crippen LogP contribution is -2.09. The van der Waals surface area contributed by atoms with E-state index < -0.39 is 9.84 Å². The van der Waals surface area contributed by atoms with Crippen LogP contribution in [0, 0.1) is 0 Å². The molecule has 0 saturated carbocycles. The van der Waals surface area contributed by atoms with Crippen molar-refractivity contribution in [2.75, 3.05) is 0 Å². The summed E-state index contributed by atoms with van der Waals surface area (Å²) in [5.41, 5.74) is 2.25. The summed E-state index contributed by atoms with van der Waals surface area (Å²) in [5, 5.41) is 13.2. The van der Waals surface area contributed by atoms with Crippen molar-refractivity contribution >= 4 is 9.84 Å². The van der Waals surface area contributed by atoms with E-state index in [0.29, 0.717) is 5.56 Å². The Labute approximate surface area is 140 Å². The van der Waals surface area contributed by atoms with E-state index in [9.17, 15) is 8.42 Å². The first kappa shape index (κ1) is 16.4. The van der Waals surface area contributed by atoms with Crippen LogP contribution in [0.25, 0.3) is 5.69 Å². The third-order valence-corrected chi connectivity index (χ3v) is 4.97. The van der Waals surface area contributed by atoms with E-state index in [1.165, 1.54) is 6.33 Å². The topological polar surface area (TPSA) is 85.1 Å². The maximum absolute atomic E-state index is 12.3. The molecule has 24 heavy (non-hydrogen) atoms. The first-order chi connectivity index (χ1) is 11.6. The standard InChI is InChI=1S/C17H17N3O3S/c21-10-14-6-8-15(9-7-14)11-24(22,23)12-17-18-13-20(19-17)16-4-2-1-3-5-16/h1-9,13,21H,10-12H2. The molecule has 0 aliphatic heterocycles. The van der Waals surface area contributed by atoms with Gasteiger partial charge in [-0.15, -0.1) is 0 Å². The third kappa shape index (κ3) is 4.06. The summed E-state index contributed by atoms with van der Waals surface area (Å²) in [4.78, 5) is 4.09. The minimum atomic E-state index is -3.38. The molecule has 0 saturated heterocycles. The highest BCUT2D eigenvalue weighted by atomic mass is 32.2. The van der Waals surface area contributed by atoms with Crippen molar-refractivity contribution in [1.82, 2.24) is 14.8 Å². The number of benzene rings is 2. The Balaban J connectivity index is 1.71. The molecule has 3 aromatic rings. The summed E-state index contributed by atoms with van der Waals surface area (Å²) in [6.45, 7) is -0.0616. The summed E-state index contributed by atoms with van der Waals surface area (Å²) in [6, 6.07) is 16.2. The van der Waals surface area contributed by atoms with Gasteiger partial charge in [0.15, 0.2) is 15.7 Å². The minimum absolute atomic E-state index is 0.0616. The second kappa shape index (κ2) is 6.94.